The molecule has 6 heteroatoms. The van der Waals surface area contributed by atoms with Gasteiger partial charge in [-0.05, 0) is 24.3 Å². The van der Waals surface area contributed by atoms with Crippen LogP contribution in [0.1, 0.15) is 5.56 Å². The Bertz CT molecular complexity index is 540. The van der Waals surface area contributed by atoms with E-state index in [0.717, 1.165) is 6.07 Å². The molecule has 0 saturated carbocycles. The van der Waals surface area contributed by atoms with Crippen LogP contribution in [0.3, 0.4) is 0 Å². The normalized spacial score (nSPS) is 11.3. The molecule has 1 heterocycles. The molecular formula is C12H7F4NO. The number of alkyl halides is 3. The minimum Gasteiger partial charge on any atom is -0.439 e. The van der Waals surface area contributed by atoms with Gasteiger partial charge in [0.2, 0.25) is 5.88 Å². The molecule has 0 unspecified atom stereocenters. The number of ether oxygens (including phenoxy) is 1. The zero-order valence-electron chi connectivity index (χ0n) is 8.91. The molecule has 94 valence electrons. The lowest BCUT2D eigenvalue weighted by Crippen LogP contribution is -2.08. The highest BCUT2D eigenvalue weighted by molar-refractivity contribution is 5.34. The van der Waals surface area contributed by atoms with Crippen LogP contribution in [0.4, 0.5) is 17.6 Å². The Morgan fingerprint density at radius 2 is 1.83 bits per heavy atom. The fourth-order valence-corrected chi connectivity index (χ4v) is 1.31. The first-order valence-electron chi connectivity index (χ1n) is 4.92. The SMILES string of the molecule is Fc1ccc(Oc2ccccn2)cc1C(F)(F)F. The zero-order valence-corrected chi connectivity index (χ0v) is 8.91. The summed E-state index contributed by atoms with van der Waals surface area (Å²) in [6.45, 7) is 0. The molecule has 0 radical (unpaired) electrons. The molecule has 0 atom stereocenters. The average Bonchev–Trinajstić information content (AvgIpc) is 2.31. The molecule has 1 aromatic heterocycles. The zero-order chi connectivity index (χ0) is 13.2. The van der Waals surface area contributed by atoms with Gasteiger partial charge in [-0.2, -0.15) is 13.2 Å². The summed E-state index contributed by atoms with van der Waals surface area (Å²) in [5.41, 5.74) is -1.36. The lowest BCUT2D eigenvalue weighted by atomic mass is 10.2. The summed E-state index contributed by atoms with van der Waals surface area (Å²) in [6.07, 6.45) is -3.32. The number of pyridine rings is 1. The standard InChI is InChI=1S/C12H7F4NO/c13-10-5-4-8(7-9(10)12(14,15)16)18-11-3-1-2-6-17-11/h1-7H. The topological polar surface area (TPSA) is 22.1 Å². The van der Waals surface area contributed by atoms with Gasteiger partial charge < -0.3 is 4.74 Å². The molecule has 2 aromatic rings. The van der Waals surface area contributed by atoms with Crippen LogP contribution in [0.2, 0.25) is 0 Å². The maximum Gasteiger partial charge on any atom is 0.419 e. The predicted molar refractivity (Wildman–Crippen MR) is 55.7 cm³/mol. The minimum atomic E-state index is -4.76. The highest BCUT2D eigenvalue weighted by Gasteiger charge is 2.34. The summed E-state index contributed by atoms with van der Waals surface area (Å²) in [7, 11) is 0. The van der Waals surface area contributed by atoms with Crippen LogP contribution in [0.25, 0.3) is 0 Å². The van der Waals surface area contributed by atoms with E-state index in [-0.39, 0.29) is 11.6 Å². The van der Waals surface area contributed by atoms with Crippen LogP contribution >= 0.6 is 0 Å². The van der Waals surface area contributed by atoms with Crippen molar-refractivity contribution in [2.45, 2.75) is 6.18 Å². The molecule has 0 N–H and O–H groups in total. The Labute approximate surface area is 99.8 Å². The van der Waals surface area contributed by atoms with Crippen LogP contribution in [0, 0.1) is 5.82 Å². The van der Waals surface area contributed by atoms with Gasteiger partial charge in [0.25, 0.3) is 0 Å². The Morgan fingerprint density at radius 3 is 2.44 bits per heavy atom. The molecule has 1 aromatic carbocycles. The maximum absolute atomic E-state index is 13.0. The van der Waals surface area contributed by atoms with Crippen molar-refractivity contribution in [3.05, 3.63) is 54.0 Å². The summed E-state index contributed by atoms with van der Waals surface area (Å²) >= 11 is 0. The van der Waals surface area contributed by atoms with E-state index in [0.29, 0.717) is 12.1 Å². The van der Waals surface area contributed by atoms with Gasteiger partial charge >= 0.3 is 6.18 Å². The van der Waals surface area contributed by atoms with Gasteiger partial charge in [0, 0.05) is 12.3 Å². The lowest BCUT2D eigenvalue weighted by Gasteiger charge is -2.10. The molecular weight excluding hydrogens is 250 g/mol. The second kappa shape index (κ2) is 4.64. The molecule has 2 rings (SSSR count). The number of halogens is 4. The van der Waals surface area contributed by atoms with Crippen molar-refractivity contribution < 1.29 is 22.3 Å². The van der Waals surface area contributed by atoms with Gasteiger partial charge in [0.1, 0.15) is 11.6 Å². The Balaban J connectivity index is 2.31. The second-order valence-corrected chi connectivity index (χ2v) is 3.41. The summed E-state index contributed by atoms with van der Waals surface area (Å²) in [4.78, 5) is 3.79. The van der Waals surface area contributed by atoms with E-state index in [4.69, 9.17) is 4.74 Å². The number of hydrogen-bond acceptors (Lipinski definition) is 2. The van der Waals surface area contributed by atoms with E-state index in [1.807, 2.05) is 0 Å². The molecule has 0 bridgehead atoms. The first kappa shape index (κ1) is 12.3. The van der Waals surface area contributed by atoms with Crippen molar-refractivity contribution in [3.63, 3.8) is 0 Å². The third-order valence-electron chi connectivity index (χ3n) is 2.10. The highest BCUT2D eigenvalue weighted by atomic mass is 19.4. The van der Waals surface area contributed by atoms with E-state index >= 15 is 0 Å². The fraction of sp³-hybridized carbons (Fsp3) is 0.0833. The van der Waals surface area contributed by atoms with Crippen LogP contribution in [0.5, 0.6) is 11.6 Å². The molecule has 0 amide bonds. The van der Waals surface area contributed by atoms with Gasteiger partial charge in [-0.1, -0.05) is 6.07 Å². The summed E-state index contributed by atoms with van der Waals surface area (Å²) in [6, 6.07) is 7.16. The molecule has 0 aliphatic carbocycles. The first-order valence-corrected chi connectivity index (χ1v) is 4.92. The molecule has 18 heavy (non-hydrogen) atoms. The number of hydrogen-bond donors (Lipinski definition) is 0. The minimum absolute atomic E-state index is 0.123. The summed E-state index contributed by atoms with van der Waals surface area (Å²) in [5, 5.41) is 0. The summed E-state index contributed by atoms with van der Waals surface area (Å²) in [5.74, 6) is -1.32. The van der Waals surface area contributed by atoms with Crippen molar-refractivity contribution in [1.82, 2.24) is 4.98 Å². The van der Waals surface area contributed by atoms with Crippen molar-refractivity contribution >= 4 is 0 Å². The second-order valence-electron chi connectivity index (χ2n) is 3.41. The molecule has 0 spiro atoms. The Hall–Kier alpha value is -2.11. The van der Waals surface area contributed by atoms with Gasteiger partial charge in [-0.25, -0.2) is 9.37 Å². The van der Waals surface area contributed by atoms with Crippen LogP contribution in [0.15, 0.2) is 42.6 Å². The van der Waals surface area contributed by atoms with Gasteiger partial charge in [0.15, 0.2) is 0 Å². The van der Waals surface area contributed by atoms with Crippen LogP contribution in [-0.4, -0.2) is 4.98 Å². The van der Waals surface area contributed by atoms with Crippen molar-refractivity contribution in [2.75, 3.05) is 0 Å². The van der Waals surface area contributed by atoms with Gasteiger partial charge in [-0.15, -0.1) is 0 Å². The third-order valence-corrected chi connectivity index (χ3v) is 2.10. The Morgan fingerprint density at radius 1 is 1.06 bits per heavy atom. The van der Waals surface area contributed by atoms with Crippen LogP contribution < -0.4 is 4.74 Å². The number of benzene rings is 1. The van der Waals surface area contributed by atoms with Gasteiger partial charge in [-0.3, -0.25) is 0 Å². The number of nitrogens with zero attached hydrogens (tertiary/aromatic N) is 1. The molecule has 0 aliphatic rings. The molecule has 0 fully saturated rings. The number of rotatable bonds is 2. The number of aromatic nitrogens is 1. The molecule has 0 saturated heterocycles. The van der Waals surface area contributed by atoms with Crippen molar-refractivity contribution in [2.24, 2.45) is 0 Å². The van der Waals surface area contributed by atoms with E-state index in [9.17, 15) is 17.6 Å². The molecule has 2 nitrogen and oxygen atoms in total. The average molecular weight is 257 g/mol. The fourth-order valence-electron chi connectivity index (χ4n) is 1.31. The largest absolute Gasteiger partial charge is 0.439 e. The van der Waals surface area contributed by atoms with E-state index < -0.39 is 17.6 Å². The van der Waals surface area contributed by atoms with E-state index in [1.165, 1.54) is 12.3 Å². The lowest BCUT2D eigenvalue weighted by molar-refractivity contribution is -0.140. The quantitative estimate of drug-likeness (QED) is 0.758. The predicted octanol–water partition coefficient (Wildman–Crippen LogP) is 4.03. The van der Waals surface area contributed by atoms with Gasteiger partial charge in [0.05, 0.1) is 5.56 Å². The third kappa shape index (κ3) is 2.77. The Kier molecular flexibility index (Phi) is 3.18. The van der Waals surface area contributed by atoms with Crippen molar-refractivity contribution in [3.8, 4) is 11.6 Å². The first-order chi connectivity index (χ1) is 8.47. The maximum atomic E-state index is 13.0. The molecule has 0 aliphatic heterocycles. The van der Waals surface area contributed by atoms with E-state index in [2.05, 4.69) is 4.98 Å². The monoisotopic (exact) mass is 257 g/mol. The smallest absolute Gasteiger partial charge is 0.419 e. The summed E-state index contributed by atoms with van der Waals surface area (Å²) < 4.78 is 55.5. The van der Waals surface area contributed by atoms with Crippen LogP contribution in [-0.2, 0) is 6.18 Å². The van der Waals surface area contributed by atoms with E-state index in [1.54, 1.807) is 12.1 Å². The highest BCUT2D eigenvalue weighted by Crippen LogP contribution is 2.34. The van der Waals surface area contributed by atoms with Crippen molar-refractivity contribution in [1.29, 1.82) is 0 Å².